The van der Waals surface area contributed by atoms with Gasteiger partial charge in [0.25, 0.3) is 0 Å². The number of para-hydroxylation sites is 1. The monoisotopic (exact) mass is 338 g/mol. The fraction of sp³-hybridized carbons (Fsp3) is 0.682. The summed E-state index contributed by atoms with van der Waals surface area (Å²) in [7, 11) is 0. The summed E-state index contributed by atoms with van der Waals surface area (Å²) in [6, 6.07) is 10.6. The standard InChI is InChI=1S/C22H30N2O/c25-21(22-14-17-6-7-18(15-22)13-19(12-17)16-22)24-10-8-23(9-11-24)20-4-2-1-3-5-20/h1-5,17-19H,6-16H2/t17-,18+,19?,22?. The number of fused-ring (bicyclic) bond motifs is 1. The molecule has 4 saturated carbocycles. The molecule has 1 amide bonds. The molecule has 3 nitrogen and oxygen atoms in total. The molecule has 1 aromatic carbocycles. The van der Waals surface area contributed by atoms with Crippen molar-refractivity contribution in [1.82, 2.24) is 4.90 Å². The van der Waals surface area contributed by atoms with Crippen molar-refractivity contribution in [2.75, 3.05) is 31.1 Å². The molecule has 134 valence electrons. The van der Waals surface area contributed by atoms with E-state index in [-0.39, 0.29) is 5.41 Å². The predicted molar refractivity (Wildman–Crippen MR) is 100 cm³/mol. The van der Waals surface area contributed by atoms with Crippen molar-refractivity contribution in [2.45, 2.75) is 44.9 Å². The molecule has 0 aromatic heterocycles. The van der Waals surface area contributed by atoms with Gasteiger partial charge in [-0.3, -0.25) is 4.79 Å². The molecule has 25 heavy (non-hydrogen) atoms. The summed E-state index contributed by atoms with van der Waals surface area (Å²) in [6.45, 7) is 3.75. The molecule has 6 rings (SSSR count). The zero-order valence-corrected chi connectivity index (χ0v) is 15.2. The summed E-state index contributed by atoms with van der Waals surface area (Å²) < 4.78 is 0. The van der Waals surface area contributed by atoms with Crippen LogP contribution >= 0.6 is 0 Å². The molecule has 5 aliphatic rings. The number of nitrogens with zero attached hydrogens (tertiary/aromatic N) is 2. The second-order valence-corrected chi connectivity index (χ2v) is 9.15. The molecule has 1 aliphatic heterocycles. The van der Waals surface area contributed by atoms with Gasteiger partial charge in [-0.25, -0.2) is 0 Å². The Kier molecular flexibility index (Phi) is 3.79. The molecule has 5 fully saturated rings. The van der Waals surface area contributed by atoms with Gasteiger partial charge in [0.1, 0.15) is 0 Å². The van der Waals surface area contributed by atoms with Crippen LogP contribution in [-0.4, -0.2) is 37.0 Å². The van der Waals surface area contributed by atoms with Crippen LogP contribution in [0.2, 0.25) is 0 Å². The summed E-state index contributed by atoms with van der Waals surface area (Å²) in [5, 5.41) is 0. The minimum absolute atomic E-state index is 0.0158. The quantitative estimate of drug-likeness (QED) is 0.815. The zero-order valence-electron chi connectivity index (χ0n) is 15.2. The van der Waals surface area contributed by atoms with E-state index in [0.717, 1.165) is 43.9 Å². The van der Waals surface area contributed by atoms with E-state index in [1.807, 2.05) is 0 Å². The van der Waals surface area contributed by atoms with Crippen molar-refractivity contribution in [3.63, 3.8) is 0 Å². The SMILES string of the molecule is O=C(N1CCN(c2ccccc2)CC1)C12CC3C[C@@H](CC[C@@H](C3)C1)C2. The molecule has 0 radical (unpaired) electrons. The van der Waals surface area contributed by atoms with Crippen LogP contribution in [0.1, 0.15) is 44.9 Å². The van der Waals surface area contributed by atoms with Crippen LogP contribution in [0.3, 0.4) is 0 Å². The lowest BCUT2D eigenvalue weighted by molar-refractivity contribution is -0.150. The van der Waals surface area contributed by atoms with Crippen molar-refractivity contribution in [3.05, 3.63) is 30.3 Å². The molecule has 4 atom stereocenters. The van der Waals surface area contributed by atoms with E-state index in [4.69, 9.17) is 0 Å². The topological polar surface area (TPSA) is 23.6 Å². The second kappa shape index (κ2) is 6.03. The van der Waals surface area contributed by atoms with Crippen molar-refractivity contribution in [3.8, 4) is 0 Å². The molecule has 3 heteroatoms. The molecule has 1 aromatic rings. The number of rotatable bonds is 2. The van der Waals surface area contributed by atoms with Crippen LogP contribution in [0, 0.1) is 23.2 Å². The molecular formula is C22H30N2O. The Labute approximate surface area is 151 Å². The number of carbonyl (C=O) groups excluding carboxylic acids is 1. The first-order valence-corrected chi connectivity index (χ1v) is 10.3. The van der Waals surface area contributed by atoms with Crippen molar-refractivity contribution in [1.29, 1.82) is 0 Å². The number of hydrogen-bond donors (Lipinski definition) is 0. The van der Waals surface area contributed by atoms with Crippen LogP contribution < -0.4 is 4.90 Å². The Morgan fingerprint density at radius 2 is 1.44 bits per heavy atom. The summed E-state index contributed by atoms with van der Waals surface area (Å²) >= 11 is 0. The minimum atomic E-state index is 0.0158. The fourth-order valence-electron chi connectivity index (χ4n) is 6.60. The number of hydrogen-bond acceptors (Lipinski definition) is 2. The summed E-state index contributed by atoms with van der Waals surface area (Å²) in [5.74, 6) is 3.03. The third-order valence-corrected chi connectivity index (χ3v) is 7.50. The van der Waals surface area contributed by atoms with Gasteiger partial charge in [-0.15, -0.1) is 0 Å². The van der Waals surface area contributed by atoms with Crippen LogP contribution in [0.25, 0.3) is 0 Å². The van der Waals surface area contributed by atoms with Crippen LogP contribution in [0.15, 0.2) is 30.3 Å². The highest BCUT2D eigenvalue weighted by atomic mass is 16.2. The molecule has 1 heterocycles. The van der Waals surface area contributed by atoms with Gasteiger partial charge in [0, 0.05) is 31.9 Å². The van der Waals surface area contributed by atoms with E-state index in [9.17, 15) is 4.79 Å². The van der Waals surface area contributed by atoms with E-state index < -0.39 is 0 Å². The number of benzene rings is 1. The van der Waals surface area contributed by atoms with Gasteiger partial charge in [-0.05, 0) is 62.0 Å². The Balaban J connectivity index is 1.29. The lowest BCUT2D eigenvalue weighted by Gasteiger charge is -2.50. The molecule has 2 unspecified atom stereocenters. The maximum Gasteiger partial charge on any atom is 0.228 e. The average molecular weight is 338 g/mol. The second-order valence-electron chi connectivity index (χ2n) is 9.15. The highest BCUT2D eigenvalue weighted by Crippen LogP contribution is 2.58. The third kappa shape index (κ3) is 2.76. The van der Waals surface area contributed by atoms with Gasteiger partial charge in [0.2, 0.25) is 5.91 Å². The van der Waals surface area contributed by atoms with E-state index in [2.05, 4.69) is 40.1 Å². The zero-order chi connectivity index (χ0) is 16.9. The molecule has 0 N–H and O–H groups in total. The van der Waals surface area contributed by atoms with Crippen molar-refractivity contribution in [2.24, 2.45) is 23.2 Å². The Hall–Kier alpha value is -1.51. The Bertz CT molecular complexity index is 619. The highest BCUT2D eigenvalue weighted by molar-refractivity contribution is 5.83. The lowest BCUT2D eigenvalue weighted by Crippen LogP contribution is -2.55. The first kappa shape index (κ1) is 15.7. The van der Waals surface area contributed by atoms with Gasteiger partial charge in [0.05, 0.1) is 5.41 Å². The Morgan fingerprint density at radius 1 is 0.840 bits per heavy atom. The van der Waals surface area contributed by atoms with E-state index in [1.165, 1.54) is 50.6 Å². The van der Waals surface area contributed by atoms with Crippen LogP contribution in [-0.2, 0) is 4.79 Å². The minimum Gasteiger partial charge on any atom is -0.368 e. The molecule has 4 bridgehead atoms. The third-order valence-electron chi connectivity index (χ3n) is 7.50. The molecular weight excluding hydrogens is 308 g/mol. The van der Waals surface area contributed by atoms with E-state index in [0.29, 0.717) is 5.91 Å². The van der Waals surface area contributed by atoms with Crippen LogP contribution in [0.5, 0.6) is 0 Å². The first-order valence-electron chi connectivity index (χ1n) is 10.3. The van der Waals surface area contributed by atoms with Gasteiger partial charge >= 0.3 is 0 Å². The summed E-state index contributed by atoms with van der Waals surface area (Å²) in [5.41, 5.74) is 1.31. The molecule has 0 spiro atoms. The summed E-state index contributed by atoms with van der Waals surface area (Å²) in [6.07, 6.45) is 9.17. The smallest absolute Gasteiger partial charge is 0.228 e. The summed E-state index contributed by atoms with van der Waals surface area (Å²) in [4.78, 5) is 18.2. The van der Waals surface area contributed by atoms with Gasteiger partial charge in [0.15, 0.2) is 0 Å². The molecule has 1 saturated heterocycles. The maximum absolute atomic E-state index is 13.6. The number of anilines is 1. The maximum atomic E-state index is 13.6. The lowest BCUT2D eigenvalue weighted by atomic mass is 9.58. The predicted octanol–water partition coefficient (Wildman–Crippen LogP) is 3.94. The Morgan fingerprint density at radius 3 is 2.08 bits per heavy atom. The van der Waals surface area contributed by atoms with E-state index in [1.54, 1.807) is 0 Å². The molecule has 4 aliphatic carbocycles. The number of piperazine rings is 1. The van der Waals surface area contributed by atoms with Gasteiger partial charge < -0.3 is 9.80 Å². The number of amides is 1. The van der Waals surface area contributed by atoms with Gasteiger partial charge in [-0.2, -0.15) is 0 Å². The van der Waals surface area contributed by atoms with Crippen molar-refractivity contribution < 1.29 is 4.79 Å². The average Bonchev–Trinajstić information content (AvgIpc) is 2.87. The highest BCUT2D eigenvalue weighted by Gasteiger charge is 2.53. The normalized spacial score (nSPS) is 37.2. The van der Waals surface area contributed by atoms with Gasteiger partial charge in [-0.1, -0.05) is 31.0 Å². The first-order chi connectivity index (χ1) is 12.2. The number of carbonyl (C=O) groups is 1. The van der Waals surface area contributed by atoms with Crippen molar-refractivity contribution >= 4 is 11.6 Å². The van der Waals surface area contributed by atoms with E-state index >= 15 is 0 Å². The fourth-order valence-corrected chi connectivity index (χ4v) is 6.60. The largest absolute Gasteiger partial charge is 0.368 e. The van der Waals surface area contributed by atoms with Crippen LogP contribution in [0.4, 0.5) is 5.69 Å².